The molecule has 41 heavy (non-hydrogen) atoms. The monoisotopic (exact) mass is 526 g/mol. The van der Waals surface area contributed by atoms with Crippen LogP contribution in [-0.2, 0) is 0 Å². The van der Waals surface area contributed by atoms with Gasteiger partial charge in [-0.2, -0.15) is 0 Å². The van der Waals surface area contributed by atoms with Crippen molar-refractivity contribution in [1.82, 2.24) is 14.1 Å². The predicted molar refractivity (Wildman–Crippen MR) is 170 cm³/mol. The quantitative estimate of drug-likeness (QED) is 0.212. The summed E-state index contributed by atoms with van der Waals surface area (Å²) in [7, 11) is 0. The standard InChI is InChI=1S/C37H26N4/c1-24-20-26(40-34-10-5-3-8-30(34)32-22-38-18-7-12-36(32)40)13-15-28(24)29-16-14-27(21-25(29)2)41-35-11-6-4-9-31(35)33-23-39-19-17-37(33)41/h3-6,8-23H,1-2H3. The first-order valence-electron chi connectivity index (χ1n) is 13.8. The number of hydrogen-bond donors (Lipinski definition) is 0. The molecule has 4 heteroatoms. The van der Waals surface area contributed by atoms with Gasteiger partial charge in [-0.3, -0.25) is 9.98 Å². The van der Waals surface area contributed by atoms with E-state index in [0.29, 0.717) is 0 Å². The van der Waals surface area contributed by atoms with Crippen molar-refractivity contribution < 1.29 is 0 Å². The van der Waals surface area contributed by atoms with Crippen LogP contribution in [-0.4, -0.2) is 20.3 Å². The van der Waals surface area contributed by atoms with E-state index in [9.17, 15) is 0 Å². The normalized spacial score (nSPS) is 12.4. The van der Waals surface area contributed by atoms with Crippen LogP contribution in [0.15, 0.2) is 120 Å². The highest BCUT2D eigenvalue weighted by Gasteiger charge is 2.18. The van der Waals surface area contributed by atoms with Crippen LogP contribution in [0.2, 0.25) is 0 Å². The van der Waals surface area contributed by atoms with E-state index in [1.165, 1.54) is 49.4 Å². The van der Waals surface area contributed by atoms with Crippen molar-refractivity contribution in [2.75, 3.05) is 0 Å². The highest BCUT2D eigenvalue weighted by atomic mass is 15.0. The fourth-order valence-corrected chi connectivity index (χ4v) is 6.38. The summed E-state index contributed by atoms with van der Waals surface area (Å²) >= 11 is 0. The summed E-state index contributed by atoms with van der Waals surface area (Å²) in [6.45, 7) is 4.41. The van der Waals surface area contributed by atoms with Crippen LogP contribution < -0.4 is 0 Å². The van der Waals surface area contributed by atoms with E-state index in [2.05, 4.69) is 130 Å². The Morgan fingerprint density at radius 1 is 0.634 bits per heavy atom. The third kappa shape index (κ3) is 3.55. The lowest BCUT2D eigenvalue weighted by Gasteiger charge is -2.16. The number of aryl methyl sites for hydroxylation is 2. The van der Waals surface area contributed by atoms with E-state index in [1.807, 2.05) is 24.7 Å². The molecule has 0 radical (unpaired) electrons. The lowest BCUT2D eigenvalue weighted by Crippen LogP contribution is -1.99. The first kappa shape index (κ1) is 23.4. The Labute approximate surface area is 237 Å². The Balaban J connectivity index is 1.25. The van der Waals surface area contributed by atoms with Gasteiger partial charge in [-0.25, -0.2) is 0 Å². The maximum Gasteiger partial charge on any atom is 0.0687 e. The molecule has 4 aromatic carbocycles. The molecule has 0 atom stereocenters. The number of hydrogen-bond acceptors (Lipinski definition) is 2. The molecular weight excluding hydrogens is 500 g/mol. The number of rotatable bonds is 3. The summed E-state index contributed by atoms with van der Waals surface area (Å²) in [5.41, 5.74) is 16.2. The number of aromatic nitrogens is 3. The zero-order valence-corrected chi connectivity index (χ0v) is 22.8. The van der Waals surface area contributed by atoms with Crippen LogP contribution in [0.3, 0.4) is 0 Å². The average molecular weight is 527 g/mol. The molecule has 7 aromatic rings. The fourth-order valence-electron chi connectivity index (χ4n) is 6.38. The molecular formula is C37H26N4. The number of para-hydroxylation sites is 2. The molecule has 0 aliphatic carbocycles. The molecule has 1 aliphatic rings. The predicted octanol–water partition coefficient (Wildman–Crippen LogP) is 8.96. The Bertz CT molecular complexity index is 2220. The van der Waals surface area contributed by atoms with Crippen molar-refractivity contribution in [3.63, 3.8) is 0 Å². The lowest BCUT2D eigenvalue weighted by molar-refractivity contribution is 1.10. The minimum Gasteiger partial charge on any atom is -0.309 e. The first-order chi connectivity index (χ1) is 20.2. The van der Waals surface area contributed by atoms with Crippen molar-refractivity contribution in [3.05, 3.63) is 138 Å². The third-order valence-corrected chi connectivity index (χ3v) is 8.23. The van der Waals surface area contributed by atoms with Crippen LogP contribution in [0.25, 0.3) is 61.3 Å². The molecule has 4 heterocycles. The third-order valence-electron chi connectivity index (χ3n) is 8.23. The minimum atomic E-state index is 1.10. The van der Waals surface area contributed by atoms with Crippen LogP contribution >= 0.6 is 0 Å². The summed E-state index contributed by atoms with van der Waals surface area (Å²) in [5, 5.41) is 3.58. The molecule has 4 nitrogen and oxygen atoms in total. The molecule has 0 amide bonds. The van der Waals surface area contributed by atoms with Gasteiger partial charge in [0.25, 0.3) is 0 Å². The second kappa shape index (κ2) is 9.06. The Morgan fingerprint density at radius 2 is 1.27 bits per heavy atom. The van der Waals surface area contributed by atoms with Gasteiger partial charge in [0.2, 0.25) is 0 Å². The van der Waals surface area contributed by atoms with Gasteiger partial charge in [-0.05, 0) is 78.6 Å². The summed E-state index contributed by atoms with van der Waals surface area (Å²) in [6.07, 6.45) is 9.52. The van der Waals surface area contributed by atoms with Crippen molar-refractivity contribution in [2.24, 2.45) is 4.99 Å². The number of nitrogens with zero attached hydrogens (tertiary/aromatic N) is 4. The largest absolute Gasteiger partial charge is 0.309 e. The minimum absolute atomic E-state index is 1.10. The molecule has 0 saturated carbocycles. The summed E-state index contributed by atoms with van der Waals surface area (Å²) in [6, 6.07) is 32.7. The maximum atomic E-state index is 4.40. The van der Waals surface area contributed by atoms with E-state index in [-0.39, 0.29) is 0 Å². The van der Waals surface area contributed by atoms with Crippen molar-refractivity contribution in [1.29, 1.82) is 0 Å². The van der Waals surface area contributed by atoms with Gasteiger partial charge in [0.15, 0.2) is 0 Å². The maximum absolute atomic E-state index is 4.40. The topological polar surface area (TPSA) is 35.1 Å². The van der Waals surface area contributed by atoms with Gasteiger partial charge in [0, 0.05) is 57.8 Å². The second-order valence-electron chi connectivity index (χ2n) is 10.6. The van der Waals surface area contributed by atoms with E-state index in [4.69, 9.17) is 0 Å². The van der Waals surface area contributed by atoms with Gasteiger partial charge in [-0.15, -0.1) is 0 Å². The van der Waals surface area contributed by atoms with Gasteiger partial charge in [0.05, 0.1) is 28.4 Å². The van der Waals surface area contributed by atoms with Crippen molar-refractivity contribution in [3.8, 4) is 22.5 Å². The highest BCUT2D eigenvalue weighted by molar-refractivity contribution is 6.09. The molecule has 1 aliphatic heterocycles. The molecule has 0 saturated heterocycles. The number of aliphatic imine (C=N–C) groups is 1. The molecule has 3 aromatic heterocycles. The molecule has 0 unspecified atom stereocenters. The smallest absolute Gasteiger partial charge is 0.0687 e. The number of fused-ring (bicyclic) bond motifs is 6. The first-order valence-corrected chi connectivity index (χ1v) is 13.8. The van der Waals surface area contributed by atoms with E-state index < -0.39 is 0 Å². The van der Waals surface area contributed by atoms with E-state index >= 15 is 0 Å². The summed E-state index contributed by atoms with van der Waals surface area (Å²) in [4.78, 5) is 8.79. The Hall–Kier alpha value is -5.44. The fraction of sp³-hybridized carbons (Fsp3) is 0.0541. The Morgan fingerprint density at radius 3 is 2.00 bits per heavy atom. The summed E-state index contributed by atoms with van der Waals surface area (Å²) < 4.78 is 4.65. The van der Waals surface area contributed by atoms with Gasteiger partial charge in [-0.1, -0.05) is 54.3 Å². The SMILES string of the molecule is Cc1cc(-n2c3c(c4ccccc42)C=NC=C=C3)ccc1-c1ccc(-n2c3ccccc3c3cnccc32)cc1C. The van der Waals surface area contributed by atoms with E-state index in [1.54, 1.807) is 6.20 Å². The molecule has 0 bridgehead atoms. The number of pyridine rings is 1. The zero-order valence-electron chi connectivity index (χ0n) is 22.8. The Kier molecular flexibility index (Phi) is 5.18. The van der Waals surface area contributed by atoms with Crippen LogP contribution in [0.4, 0.5) is 0 Å². The van der Waals surface area contributed by atoms with Gasteiger partial charge >= 0.3 is 0 Å². The van der Waals surface area contributed by atoms with Crippen molar-refractivity contribution >= 4 is 45.0 Å². The molecule has 0 fully saturated rings. The second-order valence-corrected chi connectivity index (χ2v) is 10.6. The highest BCUT2D eigenvalue weighted by Crippen LogP contribution is 2.36. The number of benzene rings is 4. The molecule has 8 rings (SSSR count). The van der Waals surface area contributed by atoms with Crippen LogP contribution in [0, 0.1) is 13.8 Å². The van der Waals surface area contributed by atoms with Gasteiger partial charge < -0.3 is 9.13 Å². The van der Waals surface area contributed by atoms with Gasteiger partial charge in [0.1, 0.15) is 0 Å². The van der Waals surface area contributed by atoms with Crippen LogP contribution in [0.1, 0.15) is 22.4 Å². The van der Waals surface area contributed by atoms with E-state index in [0.717, 1.165) is 28.1 Å². The molecule has 0 spiro atoms. The lowest BCUT2D eigenvalue weighted by atomic mass is 9.95. The average Bonchev–Trinajstić information content (AvgIpc) is 3.38. The summed E-state index contributed by atoms with van der Waals surface area (Å²) in [5.74, 6) is 0. The van der Waals surface area contributed by atoms with Crippen LogP contribution in [0.5, 0.6) is 0 Å². The van der Waals surface area contributed by atoms with Crippen molar-refractivity contribution in [2.45, 2.75) is 13.8 Å². The molecule has 0 N–H and O–H groups in total. The zero-order chi connectivity index (χ0) is 27.5. The molecule has 194 valence electrons.